The molecule has 29 heavy (non-hydrogen) atoms. The van der Waals surface area contributed by atoms with Gasteiger partial charge in [-0.1, -0.05) is 24.3 Å². The Morgan fingerprint density at radius 1 is 1.03 bits per heavy atom. The summed E-state index contributed by atoms with van der Waals surface area (Å²) in [6, 6.07) is 16.4. The summed E-state index contributed by atoms with van der Waals surface area (Å²) >= 11 is 1.59. The van der Waals surface area contributed by atoms with Crippen LogP contribution in [0.2, 0.25) is 0 Å². The fourth-order valence-corrected chi connectivity index (χ4v) is 5.03. The van der Waals surface area contributed by atoms with Gasteiger partial charge < -0.3 is 4.57 Å². The Kier molecular flexibility index (Phi) is 3.61. The molecule has 0 N–H and O–H groups in total. The van der Waals surface area contributed by atoms with Gasteiger partial charge >= 0.3 is 0 Å². The van der Waals surface area contributed by atoms with Crippen LogP contribution in [0, 0.1) is 0 Å². The van der Waals surface area contributed by atoms with Crippen molar-refractivity contribution < 1.29 is 0 Å². The molecule has 2 unspecified atom stereocenters. The van der Waals surface area contributed by atoms with Crippen LogP contribution in [0.15, 0.2) is 77.3 Å². The van der Waals surface area contributed by atoms with E-state index in [-0.39, 0.29) is 17.5 Å². The van der Waals surface area contributed by atoms with Crippen LogP contribution in [-0.2, 0) is 0 Å². The van der Waals surface area contributed by atoms with Crippen molar-refractivity contribution in [1.82, 2.24) is 19.7 Å². The molecule has 5 nitrogen and oxygen atoms in total. The molecule has 0 bridgehead atoms. The third-order valence-electron chi connectivity index (χ3n) is 5.66. The average Bonchev–Trinajstić information content (AvgIpc) is 3.44. The highest BCUT2D eigenvalue weighted by atomic mass is 32.1. The van der Waals surface area contributed by atoms with E-state index >= 15 is 0 Å². The summed E-state index contributed by atoms with van der Waals surface area (Å²) in [5, 5.41) is 11.7. The van der Waals surface area contributed by atoms with Crippen LogP contribution in [0.25, 0.3) is 32.1 Å². The summed E-state index contributed by atoms with van der Waals surface area (Å²) in [7, 11) is 0. The van der Waals surface area contributed by atoms with E-state index in [1.807, 2.05) is 46.5 Å². The number of hydrogen-bond donors (Lipinski definition) is 0. The summed E-state index contributed by atoms with van der Waals surface area (Å²) in [5.74, 6) is 0.277. The Morgan fingerprint density at radius 2 is 1.97 bits per heavy atom. The summed E-state index contributed by atoms with van der Waals surface area (Å²) in [6.07, 6.45) is 6.23. The monoisotopic (exact) mass is 396 g/mol. The van der Waals surface area contributed by atoms with Gasteiger partial charge in [0.1, 0.15) is 0 Å². The molecule has 1 fully saturated rings. The van der Waals surface area contributed by atoms with Gasteiger partial charge in [-0.15, -0.1) is 11.3 Å². The van der Waals surface area contributed by atoms with E-state index in [0.717, 1.165) is 44.2 Å². The molecule has 1 aliphatic rings. The summed E-state index contributed by atoms with van der Waals surface area (Å²) in [5.41, 5.74) is 3.97. The van der Waals surface area contributed by atoms with Crippen LogP contribution in [0.1, 0.15) is 24.1 Å². The third kappa shape index (κ3) is 2.68. The first-order valence-electron chi connectivity index (χ1n) is 9.55. The zero-order valence-corrected chi connectivity index (χ0v) is 16.2. The number of pyridine rings is 2. The minimum atomic E-state index is 0.0591. The number of rotatable bonds is 3. The maximum Gasteiger partial charge on any atom is 0.260 e. The number of fused-ring (bicyclic) bond motifs is 2. The average molecular weight is 396 g/mol. The Labute approximate surface area is 170 Å². The van der Waals surface area contributed by atoms with Crippen molar-refractivity contribution in [3.8, 4) is 11.1 Å². The highest BCUT2D eigenvalue weighted by Crippen LogP contribution is 2.50. The van der Waals surface area contributed by atoms with E-state index in [2.05, 4.69) is 28.4 Å². The lowest BCUT2D eigenvalue weighted by molar-refractivity contribution is 0.688. The lowest BCUT2D eigenvalue weighted by atomic mass is 10.1. The van der Waals surface area contributed by atoms with E-state index < -0.39 is 0 Å². The number of aromatic nitrogens is 4. The van der Waals surface area contributed by atoms with E-state index in [9.17, 15) is 4.79 Å². The van der Waals surface area contributed by atoms with Gasteiger partial charge in [0.2, 0.25) is 0 Å². The largest absolute Gasteiger partial charge is 0.311 e. The summed E-state index contributed by atoms with van der Waals surface area (Å²) in [4.78, 5) is 18.2. The predicted molar refractivity (Wildman–Crippen MR) is 115 cm³/mol. The smallest absolute Gasteiger partial charge is 0.260 e. The SMILES string of the molecule is O=c1c2c(-c3ccnnc3)csc2ccn1C1CC1c1ccc2ccccc2n1. The molecule has 0 amide bonds. The van der Waals surface area contributed by atoms with Crippen molar-refractivity contribution in [2.24, 2.45) is 0 Å². The fourth-order valence-electron chi connectivity index (χ4n) is 4.08. The zero-order chi connectivity index (χ0) is 19.4. The van der Waals surface area contributed by atoms with Crippen LogP contribution in [-0.4, -0.2) is 19.7 Å². The Balaban J connectivity index is 1.41. The Morgan fingerprint density at radius 3 is 2.86 bits per heavy atom. The normalized spacial score (nSPS) is 18.3. The van der Waals surface area contributed by atoms with E-state index in [4.69, 9.17) is 4.98 Å². The van der Waals surface area contributed by atoms with Crippen molar-refractivity contribution >= 4 is 32.3 Å². The van der Waals surface area contributed by atoms with Gasteiger partial charge in [-0.25, -0.2) is 0 Å². The molecule has 4 heterocycles. The fraction of sp³-hybridized carbons (Fsp3) is 0.130. The van der Waals surface area contributed by atoms with Gasteiger partial charge in [0.15, 0.2) is 0 Å². The molecule has 0 spiro atoms. The Hall–Kier alpha value is -3.38. The quantitative estimate of drug-likeness (QED) is 0.440. The van der Waals surface area contributed by atoms with Crippen LogP contribution in [0.5, 0.6) is 0 Å². The first-order chi connectivity index (χ1) is 14.3. The lowest BCUT2D eigenvalue weighted by Crippen LogP contribution is -2.18. The van der Waals surface area contributed by atoms with Crippen LogP contribution in [0.4, 0.5) is 0 Å². The molecule has 6 rings (SSSR count). The number of benzene rings is 1. The lowest BCUT2D eigenvalue weighted by Gasteiger charge is -2.07. The molecule has 140 valence electrons. The number of nitrogens with zero attached hydrogens (tertiary/aromatic N) is 4. The van der Waals surface area contributed by atoms with Crippen LogP contribution >= 0.6 is 11.3 Å². The second-order valence-electron chi connectivity index (χ2n) is 7.39. The summed E-state index contributed by atoms with van der Waals surface area (Å²) in [6.45, 7) is 0. The zero-order valence-electron chi connectivity index (χ0n) is 15.4. The molecule has 5 aromatic rings. The molecule has 2 atom stereocenters. The van der Waals surface area contributed by atoms with Gasteiger partial charge in [0.25, 0.3) is 5.56 Å². The van der Waals surface area contributed by atoms with Crippen molar-refractivity contribution in [1.29, 1.82) is 0 Å². The second kappa shape index (κ2) is 6.32. The number of para-hydroxylation sites is 1. The molecular formula is C23H16N4OS. The second-order valence-corrected chi connectivity index (χ2v) is 8.30. The third-order valence-corrected chi connectivity index (χ3v) is 6.61. The van der Waals surface area contributed by atoms with Gasteiger partial charge in [-0.3, -0.25) is 9.78 Å². The standard InChI is InChI=1S/C23H16N4OS/c28-23-22-17(15-7-9-24-25-12-15)13-29-21(22)8-10-27(23)20-11-16(20)19-6-5-14-3-1-2-4-18(14)26-19/h1-10,12-13,16,20H,11H2. The molecule has 6 heteroatoms. The number of hydrogen-bond acceptors (Lipinski definition) is 5. The maximum absolute atomic E-state index is 13.4. The first-order valence-corrected chi connectivity index (χ1v) is 10.4. The topological polar surface area (TPSA) is 60.7 Å². The minimum absolute atomic E-state index is 0.0591. The molecule has 0 aliphatic heterocycles. The maximum atomic E-state index is 13.4. The molecule has 0 saturated heterocycles. The van der Waals surface area contributed by atoms with E-state index in [1.165, 1.54) is 0 Å². The molecule has 1 aliphatic carbocycles. The highest BCUT2D eigenvalue weighted by Gasteiger charge is 2.41. The van der Waals surface area contributed by atoms with Crippen molar-refractivity contribution in [2.75, 3.05) is 0 Å². The Bertz CT molecular complexity index is 1420. The van der Waals surface area contributed by atoms with Crippen LogP contribution < -0.4 is 5.56 Å². The number of thiophene rings is 1. The summed E-state index contributed by atoms with van der Waals surface area (Å²) < 4.78 is 2.88. The van der Waals surface area contributed by atoms with Crippen LogP contribution in [0.3, 0.4) is 0 Å². The highest BCUT2D eigenvalue weighted by molar-refractivity contribution is 7.17. The van der Waals surface area contributed by atoms with Gasteiger partial charge in [-0.2, -0.15) is 10.2 Å². The molecule has 4 aromatic heterocycles. The molecule has 1 aromatic carbocycles. The minimum Gasteiger partial charge on any atom is -0.311 e. The van der Waals surface area contributed by atoms with Crippen molar-refractivity contribution in [3.63, 3.8) is 0 Å². The van der Waals surface area contributed by atoms with Crippen molar-refractivity contribution in [2.45, 2.75) is 18.4 Å². The van der Waals surface area contributed by atoms with Gasteiger partial charge in [-0.05, 0) is 30.7 Å². The van der Waals surface area contributed by atoms with Gasteiger partial charge in [0, 0.05) is 50.4 Å². The first kappa shape index (κ1) is 16.6. The van der Waals surface area contributed by atoms with E-state index in [0.29, 0.717) is 0 Å². The molecule has 0 radical (unpaired) electrons. The predicted octanol–water partition coefficient (Wildman–Crippen LogP) is 4.80. The molecule has 1 saturated carbocycles. The van der Waals surface area contributed by atoms with E-state index in [1.54, 1.807) is 23.7 Å². The van der Waals surface area contributed by atoms with Crippen molar-refractivity contribution in [3.05, 3.63) is 88.5 Å². The van der Waals surface area contributed by atoms with Gasteiger partial charge in [0.05, 0.1) is 23.3 Å². The molecular weight excluding hydrogens is 380 g/mol.